The molecule has 0 heterocycles. The fourth-order valence-corrected chi connectivity index (χ4v) is 6.96. The van der Waals surface area contributed by atoms with Crippen LogP contribution in [0, 0.1) is 5.92 Å². The number of rotatable bonds is 3. The third-order valence-electron chi connectivity index (χ3n) is 8.86. The van der Waals surface area contributed by atoms with Gasteiger partial charge in [-0.2, -0.15) is 0 Å². The topological polar surface area (TPSA) is 0 Å². The Morgan fingerprint density at radius 2 is 1.27 bits per heavy atom. The highest BCUT2D eigenvalue weighted by Crippen LogP contribution is 2.44. The van der Waals surface area contributed by atoms with Crippen LogP contribution in [0.1, 0.15) is 30.4 Å². The molecule has 0 heteroatoms. The molecule has 0 spiro atoms. The molecule has 0 bridgehead atoms. The molecule has 8 rings (SSSR count). The van der Waals surface area contributed by atoms with Gasteiger partial charge in [0, 0.05) is 5.92 Å². The average molecular weight is 511 g/mol. The molecule has 0 saturated heterocycles. The van der Waals surface area contributed by atoms with Crippen LogP contribution in [0.4, 0.5) is 0 Å². The van der Waals surface area contributed by atoms with Crippen molar-refractivity contribution >= 4 is 38.8 Å². The molecule has 0 radical (unpaired) electrons. The molecule has 0 nitrogen and oxygen atoms in total. The quantitative estimate of drug-likeness (QED) is 0.213. The summed E-state index contributed by atoms with van der Waals surface area (Å²) in [5.74, 6) is 0.496. The molecule has 0 aromatic heterocycles. The van der Waals surface area contributed by atoms with Crippen LogP contribution in [0.25, 0.3) is 49.9 Å². The minimum absolute atomic E-state index is 0.496. The van der Waals surface area contributed by atoms with E-state index in [1.54, 1.807) is 0 Å². The molecule has 0 amide bonds. The SMILES string of the molecule is C1=CCC2C=CC(c3c4ccccc4c(-c4ccc(C5=c6ccccc6=CCC5)cc4)c4ccccc34)=CC2=C1. The lowest BCUT2D eigenvalue weighted by Gasteiger charge is -2.23. The van der Waals surface area contributed by atoms with E-state index in [0.717, 1.165) is 19.3 Å². The zero-order valence-corrected chi connectivity index (χ0v) is 22.5. The van der Waals surface area contributed by atoms with Crippen LogP contribution in [0.3, 0.4) is 0 Å². The van der Waals surface area contributed by atoms with Gasteiger partial charge in [-0.05, 0) is 90.2 Å². The minimum Gasteiger partial charge on any atom is -0.0836 e. The van der Waals surface area contributed by atoms with Gasteiger partial charge in [0.05, 0.1) is 0 Å². The number of hydrogen-bond acceptors (Lipinski definition) is 0. The normalized spacial score (nSPS) is 17.7. The predicted octanol–water partition coefficient (Wildman–Crippen LogP) is 8.89. The van der Waals surface area contributed by atoms with Crippen molar-refractivity contribution in [2.75, 3.05) is 0 Å². The first kappa shape index (κ1) is 23.2. The summed E-state index contributed by atoms with van der Waals surface area (Å²) in [6, 6.07) is 36.1. The highest BCUT2D eigenvalue weighted by atomic mass is 14.2. The molecule has 190 valence electrons. The third kappa shape index (κ3) is 3.75. The Labute approximate surface area is 235 Å². The zero-order valence-electron chi connectivity index (χ0n) is 22.5. The summed E-state index contributed by atoms with van der Waals surface area (Å²) in [4.78, 5) is 0. The molecule has 3 aliphatic rings. The highest BCUT2D eigenvalue weighted by Gasteiger charge is 2.21. The first-order valence-electron chi connectivity index (χ1n) is 14.4. The molecule has 5 aromatic rings. The van der Waals surface area contributed by atoms with E-state index >= 15 is 0 Å². The molecule has 5 aromatic carbocycles. The van der Waals surface area contributed by atoms with Gasteiger partial charge >= 0.3 is 0 Å². The Bertz CT molecular complexity index is 2000. The Morgan fingerprint density at radius 3 is 2.02 bits per heavy atom. The lowest BCUT2D eigenvalue weighted by atomic mass is 9.80. The van der Waals surface area contributed by atoms with Crippen molar-refractivity contribution in [1.29, 1.82) is 0 Å². The van der Waals surface area contributed by atoms with Crippen LogP contribution >= 0.6 is 0 Å². The molecule has 0 N–H and O–H groups in total. The van der Waals surface area contributed by atoms with E-state index < -0.39 is 0 Å². The van der Waals surface area contributed by atoms with Crippen molar-refractivity contribution < 1.29 is 0 Å². The molecule has 1 atom stereocenters. The second-order valence-electron chi connectivity index (χ2n) is 11.1. The van der Waals surface area contributed by atoms with E-state index in [0.29, 0.717) is 5.92 Å². The minimum atomic E-state index is 0.496. The van der Waals surface area contributed by atoms with Gasteiger partial charge in [0.15, 0.2) is 0 Å². The van der Waals surface area contributed by atoms with Gasteiger partial charge in [0.2, 0.25) is 0 Å². The van der Waals surface area contributed by atoms with Crippen molar-refractivity contribution in [3.8, 4) is 11.1 Å². The van der Waals surface area contributed by atoms with Gasteiger partial charge in [0.25, 0.3) is 0 Å². The standard InChI is InChI=1S/C40H30/c1-2-12-31-26-32(25-20-27(31)10-1)40-37-17-7-5-15-35(37)39(36-16-6-8-18-38(36)40)30-23-21-29(22-24-30)34-19-9-13-28-11-3-4-14-33(28)34/h1-8,11-18,20-27H,9-10,19H2. The molecule has 0 saturated carbocycles. The van der Waals surface area contributed by atoms with Crippen LogP contribution in [-0.2, 0) is 0 Å². The summed E-state index contributed by atoms with van der Waals surface area (Å²) < 4.78 is 0. The number of allylic oxidation sites excluding steroid dienone is 8. The second-order valence-corrected chi connectivity index (χ2v) is 11.1. The lowest BCUT2D eigenvalue weighted by molar-refractivity contribution is 0.781. The van der Waals surface area contributed by atoms with Gasteiger partial charge in [-0.15, -0.1) is 0 Å². The third-order valence-corrected chi connectivity index (χ3v) is 8.86. The summed E-state index contributed by atoms with van der Waals surface area (Å²) in [6.45, 7) is 0. The fraction of sp³-hybridized carbons (Fsp3) is 0.100. The van der Waals surface area contributed by atoms with Gasteiger partial charge in [0.1, 0.15) is 0 Å². The maximum absolute atomic E-state index is 2.41. The van der Waals surface area contributed by atoms with Crippen LogP contribution in [-0.4, -0.2) is 0 Å². The summed E-state index contributed by atoms with van der Waals surface area (Å²) in [5, 5.41) is 7.98. The van der Waals surface area contributed by atoms with E-state index in [1.165, 1.54) is 71.0 Å². The van der Waals surface area contributed by atoms with Crippen molar-refractivity contribution in [2.24, 2.45) is 5.92 Å². The number of hydrogen-bond donors (Lipinski definition) is 0. The van der Waals surface area contributed by atoms with E-state index in [2.05, 4.69) is 140 Å². The van der Waals surface area contributed by atoms with Crippen molar-refractivity contribution in [3.05, 3.63) is 161 Å². The van der Waals surface area contributed by atoms with Crippen LogP contribution < -0.4 is 10.4 Å². The molecule has 3 aliphatic carbocycles. The van der Waals surface area contributed by atoms with E-state index in [4.69, 9.17) is 0 Å². The van der Waals surface area contributed by atoms with Gasteiger partial charge in [-0.25, -0.2) is 0 Å². The second kappa shape index (κ2) is 9.50. The van der Waals surface area contributed by atoms with Crippen molar-refractivity contribution in [2.45, 2.75) is 19.3 Å². The van der Waals surface area contributed by atoms with Gasteiger partial charge in [-0.3, -0.25) is 0 Å². The molecule has 0 aliphatic heterocycles. The summed E-state index contributed by atoms with van der Waals surface area (Å²) >= 11 is 0. The van der Waals surface area contributed by atoms with Crippen molar-refractivity contribution in [3.63, 3.8) is 0 Å². The maximum atomic E-state index is 2.41. The highest BCUT2D eigenvalue weighted by molar-refractivity contribution is 6.19. The first-order chi connectivity index (χ1) is 19.8. The first-order valence-corrected chi connectivity index (χ1v) is 14.4. The largest absolute Gasteiger partial charge is 0.0836 e. The molecular weight excluding hydrogens is 480 g/mol. The maximum Gasteiger partial charge on any atom is 0.00561 e. The van der Waals surface area contributed by atoms with Crippen LogP contribution in [0.2, 0.25) is 0 Å². The average Bonchev–Trinajstić information content (AvgIpc) is 3.03. The van der Waals surface area contributed by atoms with E-state index in [1.807, 2.05) is 0 Å². The summed E-state index contributed by atoms with van der Waals surface area (Å²) in [6.07, 6.45) is 19.5. The summed E-state index contributed by atoms with van der Waals surface area (Å²) in [7, 11) is 0. The number of benzene rings is 5. The Balaban J connectivity index is 1.34. The van der Waals surface area contributed by atoms with E-state index in [-0.39, 0.29) is 0 Å². The summed E-state index contributed by atoms with van der Waals surface area (Å²) in [5.41, 5.74) is 9.42. The van der Waals surface area contributed by atoms with Crippen LogP contribution in [0.15, 0.2) is 139 Å². The Kier molecular flexibility index (Phi) is 5.52. The molecule has 1 unspecified atom stereocenters. The molecule has 0 fully saturated rings. The van der Waals surface area contributed by atoms with E-state index in [9.17, 15) is 0 Å². The Morgan fingerprint density at radius 1 is 0.625 bits per heavy atom. The smallest absolute Gasteiger partial charge is 0.00561 e. The van der Waals surface area contributed by atoms with Crippen LogP contribution in [0.5, 0.6) is 0 Å². The zero-order chi connectivity index (χ0) is 26.5. The molecule has 40 heavy (non-hydrogen) atoms. The monoisotopic (exact) mass is 510 g/mol. The Hall–Kier alpha value is -4.68. The fourth-order valence-electron chi connectivity index (χ4n) is 6.96. The van der Waals surface area contributed by atoms with Gasteiger partial charge in [-0.1, -0.05) is 140 Å². The van der Waals surface area contributed by atoms with Crippen molar-refractivity contribution in [1.82, 2.24) is 0 Å². The van der Waals surface area contributed by atoms with Gasteiger partial charge < -0.3 is 0 Å². The number of fused-ring (bicyclic) bond motifs is 4. The predicted molar refractivity (Wildman–Crippen MR) is 171 cm³/mol. The lowest BCUT2D eigenvalue weighted by Crippen LogP contribution is -2.29. The molecular formula is C40H30.